The van der Waals surface area contributed by atoms with Gasteiger partial charge in [-0.15, -0.1) is 11.3 Å². The number of Topliss-reactive ketones (excluding diaryl/α,β-unsaturated/α-hetero) is 1. The fourth-order valence-corrected chi connectivity index (χ4v) is 3.15. The first-order chi connectivity index (χ1) is 9.15. The number of hydrogen-bond acceptors (Lipinski definition) is 4. The fraction of sp³-hybridized carbons (Fsp3) is 0.462. The zero-order valence-corrected chi connectivity index (χ0v) is 11.6. The van der Waals surface area contributed by atoms with Gasteiger partial charge in [0.25, 0.3) is 0 Å². The molecule has 2 aromatic rings. The van der Waals surface area contributed by atoms with Gasteiger partial charge in [0.2, 0.25) is 0 Å². The Bertz CT molecular complexity index is 680. The molecule has 1 aliphatic rings. The van der Waals surface area contributed by atoms with Crippen molar-refractivity contribution in [1.29, 1.82) is 0 Å². The molecule has 0 atom stereocenters. The number of thiophene rings is 1. The van der Waals surface area contributed by atoms with Gasteiger partial charge in [-0.25, -0.2) is 9.48 Å². The van der Waals surface area contributed by atoms with E-state index in [1.165, 1.54) is 16.0 Å². The summed E-state index contributed by atoms with van der Waals surface area (Å²) in [4.78, 5) is 26.0. The highest BCUT2D eigenvalue weighted by molar-refractivity contribution is 7.14. The van der Waals surface area contributed by atoms with Crippen LogP contribution in [0.4, 0.5) is 0 Å². The quantitative estimate of drug-likeness (QED) is 0.801. The Morgan fingerprint density at radius 2 is 2.26 bits per heavy atom. The number of rotatable bonds is 3. The van der Waals surface area contributed by atoms with Gasteiger partial charge in [0, 0.05) is 17.8 Å². The Morgan fingerprint density at radius 3 is 2.95 bits per heavy atom. The predicted octanol–water partition coefficient (Wildman–Crippen LogP) is 1.63. The molecule has 0 aromatic carbocycles. The van der Waals surface area contributed by atoms with Gasteiger partial charge in [0.15, 0.2) is 5.78 Å². The molecule has 5 nitrogen and oxygen atoms in total. The third kappa shape index (κ3) is 2.28. The maximum atomic E-state index is 12.1. The molecular weight excluding hydrogens is 262 g/mol. The van der Waals surface area contributed by atoms with Crippen LogP contribution in [0.3, 0.4) is 0 Å². The third-order valence-electron chi connectivity index (χ3n) is 3.34. The van der Waals surface area contributed by atoms with E-state index in [1.54, 1.807) is 4.57 Å². The smallest absolute Gasteiger partial charge is 0.291 e. The minimum atomic E-state index is -0.156. The van der Waals surface area contributed by atoms with Crippen LogP contribution in [0.1, 0.15) is 33.2 Å². The average molecular weight is 277 g/mol. The Kier molecular flexibility index (Phi) is 3.10. The van der Waals surface area contributed by atoms with Crippen molar-refractivity contribution in [2.24, 2.45) is 0 Å². The molecule has 0 aliphatic carbocycles. The lowest BCUT2D eigenvalue weighted by Crippen LogP contribution is -2.28. The summed E-state index contributed by atoms with van der Waals surface area (Å²) in [6, 6.07) is 3.72. The van der Waals surface area contributed by atoms with Crippen molar-refractivity contribution in [3.8, 4) is 0 Å². The molecule has 0 radical (unpaired) electrons. The number of carbonyl (C=O) groups excluding carboxylic acids is 1. The number of aromatic nitrogens is 3. The molecule has 0 saturated heterocycles. The highest BCUT2D eigenvalue weighted by atomic mass is 32.1. The lowest BCUT2D eigenvalue weighted by atomic mass is 10.2. The largest absolute Gasteiger partial charge is 0.346 e. The van der Waals surface area contributed by atoms with Crippen LogP contribution in [0.25, 0.3) is 0 Å². The number of hydrogen-bond donors (Lipinski definition) is 0. The van der Waals surface area contributed by atoms with Gasteiger partial charge in [-0.05, 0) is 31.9 Å². The van der Waals surface area contributed by atoms with Crippen molar-refractivity contribution in [2.75, 3.05) is 0 Å². The number of nitrogens with zero attached hydrogens (tertiary/aromatic N) is 3. The van der Waals surface area contributed by atoms with Crippen molar-refractivity contribution < 1.29 is 4.79 Å². The van der Waals surface area contributed by atoms with Crippen LogP contribution >= 0.6 is 11.3 Å². The molecule has 3 heterocycles. The SMILES string of the molecule is Cc1ccc(C(=O)Cn2nc3n(c2=O)CCCC3)s1. The molecule has 3 rings (SSSR count). The Hall–Kier alpha value is -1.69. The molecule has 0 amide bonds. The zero-order chi connectivity index (χ0) is 13.4. The summed E-state index contributed by atoms with van der Waals surface area (Å²) in [5, 5.41) is 4.27. The van der Waals surface area contributed by atoms with Crippen LogP contribution in [0.5, 0.6) is 0 Å². The molecule has 0 spiro atoms. The van der Waals surface area contributed by atoms with Gasteiger partial charge in [0.1, 0.15) is 12.4 Å². The van der Waals surface area contributed by atoms with Crippen molar-refractivity contribution in [3.05, 3.63) is 38.2 Å². The maximum Gasteiger partial charge on any atom is 0.346 e. The van der Waals surface area contributed by atoms with E-state index in [0.29, 0.717) is 4.88 Å². The summed E-state index contributed by atoms with van der Waals surface area (Å²) in [6.07, 6.45) is 2.90. The van der Waals surface area contributed by atoms with Crippen molar-refractivity contribution in [3.63, 3.8) is 0 Å². The molecule has 19 heavy (non-hydrogen) atoms. The maximum absolute atomic E-state index is 12.1. The number of ketones is 1. The minimum absolute atomic E-state index is 0.0405. The Labute approximate surface area is 114 Å². The van der Waals surface area contributed by atoms with Gasteiger partial charge in [-0.3, -0.25) is 9.36 Å². The Morgan fingerprint density at radius 1 is 1.42 bits per heavy atom. The summed E-state index contributed by atoms with van der Waals surface area (Å²) < 4.78 is 2.99. The van der Waals surface area contributed by atoms with Gasteiger partial charge >= 0.3 is 5.69 Å². The van der Waals surface area contributed by atoms with Crippen LogP contribution in [-0.4, -0.2) is 20.1 Å². The molecule has 0 saturated carbocycles. The fourth-order valence-electron chi connectivity index (χ4n) is 2.35. The predicted molar refractivity (Wildman–Crippen MR) is 72.8 cm³/mol. The third-order valence-corrected chi connectivity index (χ3v) is 4.38. The van der Waals surface area contributed by atoms with E-state index in [1.807, 2.05) is 19.1 Å². The summed E-state index contributed by atoms with van der Waals surface area (Å²) in [7, 11) is 0. The first kappa shape index (κ1) is 12.3. The van der Waals surface area contributed by atoms with E-state index >= 15 is 0 Å². The van der Waals surface area contributed by atoms with Gasteiger partial charge < -0.3 is 0 Å². The van der Waals surface area contributed by atoms with Crippen LogP contribution < -0.4 is 5.69 Å². The lowest BCUT2D eigenvalue weighted by Gasteiger charge is -2.09. The topological polar surface area (TPSA) is 56.9 Å². The summed E-state index contributed by atoms with van der Waals surface area (Å²) >= 11 is 1.46. The highest BCUT2D eigenvalue weighted by Gasteiger charge is 2.19. The standard InChI is InChI=1S/C13H15N3O2S/c1-9-5-6-11(19-9)10(17)8-16-13(18)15-7-3-2-4-12(15)14-16/h5-6H,2-4,7-8H2,1H3. The van der Waals surface area contributed by atoms with Gasteiger partial charge in [0.05, 0.1) is 4.88 Å². The van der Waals surface area contributed by atoms with E-state index in [2.05, 4.69) is 5.10 Å². The molecule has 100 valence electrons. The molecule has 0 fully saturated rings. The van der Waals surface area contributed by atoms with Crippen molar-refractivity contribution in [2.45, 2.75) is 39.3 Å². The number of carbonyl (C=O) groups is 1. The minimum Gasteiger partial charge on any atom is -0.291 e. The van der Waals surface area contributed by atoms with Crippen LogP contribution in [0.2, 0.25) is 0 Å². The van der Waals surface area contributed by atoms with Crippen LogP contribution in [0.15, 0.2) is 16.9 Å². The van der Waals surface area contributed by atoms with Crippen LogP contribution in [-0.2, 0) is 19.5 Å². The van der Waals surface area contributed by atoms with E-state index in [-0.39, 0.29) is 18.0 Å². The average Bonchev–Trinajstić information content (AvgIpc) is 2.96. The van der Waals surface area contributed by atoms with E-state index in [0.717, 1.165) is 36.5 Å². The van der Waals surface area contributed by atoms with E-state index in [9.17, 15) is 9.59 Å². The first-order valence-corrected chi connectivity index (χ1v) is 7.23. The summed E-state index contributed by atoms with van der Waals surface area (Å²) in [5.74, 6) is 0.766. The molecular formula is C13H15N3O2S. The van der Waals surface area contributed by atoms with Crippen molar-refractivity contribution >= 4 is 17.1 Å². The van der Waals surface area contributed by atoms with Gasteiger partial charge in [-0.1, -0.05) is 0 Å². The molecule has 2 aromatic heterocycles. The number of aryl methyl sites for hydroxylation is 2. The molecule has 0 unspecified atom stereocenters. The molecule has 0 N–H and O–H groups in total. The summed E-state index contributed by atoms with van der Waals surface area (Å²) in [6.45, 7) is 2.72. The molecule has 6 heteroatoms. The number of fused-ring (bicyclic) bond motifs is 1. The highest BCUT2D eigenvalue weighted by Crippen LogP contribution is 2.16. The monoisotopic (exact) mass is 277 g/mol. The molecule has 0 bridgehead atoms. The van der Waals surface area contributed by atoms with Gasteiger partial charge in [-0.2, -0.15) is 5.10 Å². The summed E-state index contributed by atoms with van der Waals surface area (Å²) in [5.41, 5.74) is -0.156. The second kappa shape index (κ2) is 4.77. The zero-order valence-electron chi connectivity index (χ0n) is 10.8. The Balaban J connectivity index is 1.86. The normalized spacial score (nSPS) is 14.4. The lowest BCUT2D eigenvalue weighted by molar-refractivity contribution is 0.0970. The van der Waals surface area contributed by atoms with Crippen LogP contribution in [0, 0.1) is 6.92 Å². The van der Waals surface area contributed by atoms with E-state index < -0.39 is 0 Å². The second-order valence-corrected chi connectivity index (χ2v) is 6.09. The molecule has 1 aliphatic heterocycles. The first-order valence-electron chi connectivity index (χ1n) is 6.41. The van der Waals surface area contributed by atoms with E-state index in [4.69, 9.17) is 0 Å². The second-order valence-electron chi connectivity index (χ2n) is 4.80. The van der Waals surface area contributed by atoms with Crippen molar-refractivity contribution in [1.82, 2.24) is 14.3 Å².